The molecular weight excluding hydrogens is 656 g/mol. The molecule has 49 heavy (non-hydrogen) atoms. The Kier molecular flexibility index (Phi) is 10.6. The maximum absolute atomic E-state index is 14.2. The summed E-state index contributed by atoms with van der Waals surface area (Å²) in [5.74, 6) is -2.66. The van der Waals surface area contributed by atoms with Crippen LogP contribution < -0.4 is 20.1 Å². The number of methoxy groups -OCH3 is 1. The van der Waals surface area contributed by atoms with Crippen molar-refractivity contribution < 1.29 is 46.6 Å². The lowest BCUT2D eigenvalue weighted by Crippen LogP contribution is -2.58. The molecule has 2 saturated carbocycles. The number of amides is 4. The zero-order chi connectivity index (χ0) is 35.6. The van der Waals surface area contributed by atoms with Gasteiger partial charge in [0.2, 0.25) is 21.8 Å². The van der Waals surface area contributed by atoms with Gasteiger partial charge in [-0.25, -0.2) is 18.0 Å². The number of allylic oxidation sites excluding steroid dienone is 1. The second-order valence-corrected chi connectivity index (χ2v) is 16.2. The molecule has 15 heteroatoms. The Hall–Kier alpha value is -4.14. The van der Waals surface area contributed by atoms with Crippen molar-refractivity contribution in [2.45, 2.75) is 113 Å². The fraction of sp³-hybridized carbons (Fsp3) is 0.618. The number of nitrogens with zero attached hydrogens (tertiary/aromatic N) is 1. The second kappa shape index (κ2) is 14.4. The minimum Gasteiger partial charge on any atom is -0.497 e. The van der Waals surface area contributed by atoms with Crippen LogP contribution in [0.15, 0.2) is 36.4 Å². The van der Waals surface area contributed by atoms with Crippen LogP contribution in [-0.4, -0.2) is 91.3 Å². The Labute approximate surface area is 286 Å². The SMILES string of the molecule is COc1ccc(C(=O)O[C@@H]2C[C@H]3C(=O)N[C@]4(C(=O)NS(=O)(=O)C5CC5)C[C@@H]4/C=C\CCCCC[C@H](NC(=O)OC(C)(C)C)C(=O)N3C2)cc1. The largest absolute Gasteiger partial charge is 0.497 e. The molecule has 0 bridgehead atoms. The highest BCUT2D eigenvalue weighted by Gasteiger charge is 2.62. The van der Waals surface area contributed by atoms with E-state index in [1.54, 1.807) is 32.9 Å². The summed E-state index contributed by atoms with van der Waals surface area (Å²) in [5.41, 5.74) is -2.11. The van der Waals surface area contributed by atoms with Gasteiger partial charge in [0, 0.05) is 12.3 Å². The first kappa shape index (κ1) is 36.1. The number of carbonyl (C=O) groups is 5. The predicted octanol–water partition coefficient (Wildman–Crippen LogP) is 2.72. The van der Waals surface area contributed by atoms with E-state index < -0.39 is 80.3 Å². The molecule has 4 aliphatic rings. The van der Waals surface area contributed by atoms with Crippen molar-refractivity contribution in [1.29, 1.82) is 0 Å². The molecule has 1 aromatic rings. The van der Waals surface area contributed by atoms with Crippen molar-refractivity contribution in [1.82, 2.24) is 20.3 Å². The number of fused-ring (bicyclic) bond motifs is 2. The average Bonchev–Trinajstić information content (AvgIpc) is 3.95. The Morgan fingerprint density at radius 2 is 1.73 bits per heavy atom. The lowest BCUT2D eigenvalue weighted by atomic mass is 10.0. The van der Waals surface area contributed by atoms with Crippen LogP contribution in [-0.2, 0) is 33.9 Å². The topological polar surface area (TPSA) is 187 Å². The molecule has 268 valence electrons. The smallest absolute Gasteiger partial charge is 0.408 e. The van der Waals surface area contributed by atoms with Crippen LogP contribution in [0.3, 0.4) is 0 Å². The first-order valence-corrected chi connectivity index (χ1v) is 18.4. The van der Waals surface area contributed by atoms with Crippen LogP contribution in [0.25, 0.3) is 0 Å². The van der Waals surface area contributed by atoms with Gasteiger partial charge < -0.3 is 29.7 Å². The van der Waals surface area contributed by atoms with E-state index in [0.29, 0.717) is 31.4 Å². The summed E-state index contributed by atoms with van der Waals surface area (Å²) in [6.45, 7) is 4.96. The first-order chi connectivity index (χ1) is 23.1. The van der Waals surface area contributed by atoms with Crippen molar-refractivity contribution in [2.24, 2.45) is 5.92 Å². The number of esters is 1. The van der Waals surface area contributed by atoms with Gasteiger partial charge in [0.15, 0.2) is 0 Å². The molecule has 0 radical (unpaired) electrons. The van der Waals surface area contributed by atoms with Crippen LogP contribution in [0.2, 0.25) is 0 Å². The molecule has 3 N–H and O–H groups in total. The molecule has 0 spiro atoms. The zero-order valence-corrected chi connectivity index (χ0v) is 29.2. The van der Waals surface area contributed by atoms with Gasteiger partial charge in [-0.3, -0.25) is 19.1 Å². The number of alkyl carbamates (subject to hydrolysis) is 1. The summed E-state index contributed by atoms with van der Waals surface area (Å²) >= 11 is 0. The molecule has 4 amide bonds. The zero-order valence-electron chi connectivity index (χ0n) is 28.4. The highest BCUT2D eigenvalue weighted by atomic mass is 32.2. The summed E-state index contributed by atoms with van der Waals surface area (Å²) in [6, 6.07) is 4.04. The van der Waals surface area contributed by atoms with Crippen LogP contribution in [0.1, 0.15) is 88.9 Å². The van der Waals surface area contributed by atoms with Gasteiger partial charge in [0.25, 0.3) is 5.91 Å². The molecule has 1 saturated heterocycles. The number of ether oxygens (including phenoxy) is 3. The fourth-order valence-electron chi connectivity index (χ4n) is 6.24. The predicted molar refractivity (Wildman–Crippen MR) is 177 cm³/mol. The molecule has 2 aliphatic heterocycles. The van der Waals surface area contributed by atoms with Crippen LogP contribution in [0.5, 0.6) is 5.75 Å². The Morgan fingerprint density at radius 1 is 1.02 bits per heavy atom. The van der Waals surface area contributed by atoms with Gasteiger partial charge in [-0.1, -0.05) is 25.0 Å². The molecule has 5 atom stereocenters. The van der Waals surface area contributed by atoms with E-state index in [1.165, 1.54) is 24.1 Å². The maximum Gasteiger partial charge on any atom is 0.408 e. The maximum atomic E-state index is 14.2. The van der Waals surface area contributed by atoms with Gasteiger partial charge in [0.1, 0.15) is 35.1 Å². The lowest BCUT2D eigenvalue weighted by molar-refractivity contribution is -0.141. The molecule has 2 heterocycles. The second-order valence-electron chi connectivity index (χ2n) is 14.2. The summed E-state index contributed by atoms with van der Waals surface area (Å²) in [7, 11) is -2.40. The van der Waals surface area contributed by atoms with E-state index in [1.807, 2.05) is 12.2 Å². The fourth-order valence-corrected chi connectivity index (χ4v) is 7.61. The Morgan fingerprint density at radius 3 is 2.39 bits per heavy atom. The summed E-state index contributed by atoms with van der Waals surface area (Å²) in [5, 5.41) is 4.82. The Bertz CT molecular complexity index is 1580. The van der Waals surface area contributed by atoms with E-state index in [4.69, 9.17) is 14.2 Å². The highest BCUT2D eigenvalue weighted by Crippen LogP contribution is 2.46. The molecule has 5 rings (SSSR count). The number of sulfonamides is 1. The van der Waals surface area contributed by atoms with Gasteiger partial charge >= 0.3 is 12.1 Å². The van der Waals surface area contributed by atoms with E-state index in [9.17, 15) is 32.4 Å². The number of hydrogen-bond donors (Lipinski definition) is 3. The van der Waals surface area contributed by atoms with E-state index >= 15 is 0 Å². The van der Waals surface area contributed by atoms with Crippen LogP contribution in [0.4, 0.5) is 4.79 Å². The molecule has 3 fully saturated rings. The molecule has 0 aromatic heterocycles. The van der Waals surface area contributed by atoms with Gasteiger partial charge in [-0.2, -0.15) is 0 Å². The van der Waals surface area contributed by atoms with Crippen molar-refractivity contribution in [2.75, 3.05) is 13.7 Å². The third kappa shape index (κ3) is 8.91. The molecule has 1 aromatic carbocycles. The highest BCUT2D eigenvalue weighted by molar-refractivity contribution is 7.91. The van der Waals surface area contributed by atoms with E-state index in [-0.39, 0.29) is 31.4 Å². The van der Waals surface area contributed by atoms with Crippen molar-refractivity contribution in [3.8, 4) is 5.75 Å². The first-order valence-electron chi connectivity index (χ1n) is 16.8. The van der Waals surface area contributed by atoms with Crippen molar-refractivity contribution >= 4 is 39.8 Å². The average molecular weight is 703 g/mol. The number of carbonyl (C=O) groups excluding carboxylic acids is 5. The molecule has 0 unspecified atom stereocenters. The van der Waals surface area contributed by atoms with Crippen molar-refractivity contribution in [3.05, 3.63) is 42.0 Å². The van der Waals surface area contributed by atoms with Gasteiger partial charge in [0.05, 0.1) is 24.5 Å². The summed E-state index contributed by atoms with van der Waals surface area (Å²) in [4.78, 5) is 69.0. The minimum absolute atomic E-state index is 0.0861. The van der Waals surface area contributed by atoms with Crippen molar-refractivity contribution in [3.63, 3.8) is 0 Å². The standard InChI is InChI=1S/C34H46N4O10S/c1-33(2,3)48-32(43)35-26-11-9-7-5-6-8-10-22-19-34(22,31(42)37-49(44,45)25-16-17-25)36-28(39)27-18-24(20-38(27)29(26)40)47-30(41)21-12-14-23(46-4)15-13-21/h8,10,12-15,22,24-27H,5-7,9,11,16-20H2,1-4H3,(H,35,43)(H,36,39)(H,37,42)/b10-8-/t22-,24+,26-,27-,34+/m0/s1. The van der Waals surface area contributed by atoms with Crippen LogP contribution in [0, 0.1) is 5.92 Å². The number of nitrogens with one attached hydrogen (secondary N) is 3. The van der Waals surface area contributed by atoms with Gasteiger partial charge in [-0.05, 0) is 83.6 Å². The third-order valence-corrected chi connectivity index (χ3v) is 11.0. The third-order valence-electron chi connectivity index (χ3n) is 9.13. The lowest BCUT2D eigenvalue weighted by Gasteiger charge is -2.30. The molecular formula is C34H46N4O10S. The summed E-state index contributed by atoms with van der Waals surface area (Å²) < 4.78 is 43.9. The number of rotatable bonds is 7. The number of hydrogen-bond acceptors (Lipinski definition) is 10. The van der Waals surface area contributed by atoms with E-state index in [2.05, 4.69) is 15.4 Å². The Balaban J connectivity index is 1.42. The minimum atomic E-state index is -3.90. The molecule has 2 aliphatic carbocycles. The summed E-state index contributed by atoms with van der Waals surface area (Å²) in [6.07, 6.45) is 6.12. The normalized spacial score (nSPS) is 28.4. The quantitative estimate of drug-likeness (QED) is 0.282. The van der Waals surface area contributed by atoms with Gasteiger partial charge in [-0.15, -0.1) is 0 Å². The molecule has 14 nitrogen and oxygen atoms in total. The number of benzene rings is 1. The monoisotopic (exact) mass is 702 g/mol. The van der Waals surface area contributed by atoms with E-state index in [0.717, 1.165) is 12.8 Å². The van der Waals surface area contributed by atoms with Crippen LogP contribution >= 0.6 is 0 Å².